The van der Waals surface area contributed by atoms with Crippen LogP contribution in [0.5, 0.6) is 0 Å². The zero-order valence-electron chi connectivity index (χ0n) is 16.7. The van der Waals surface area contributed by atoms with E-state index >= 15 is 0 Å². The lowest BCUT2D eigenvalue weighted by molar-refractivity contribution is 0.0740. The van der Waals surface area contributed by atoms with Crippen LogP contribution in [0.15, 0.2) is 24.3 Å². The van der Waals surface area contributed by atoms with Crippen LogP contribution < -0.4 is 10.2 Å². The number of carbonyl (C=O) groups excluding carboxylic acids is 1. The van der Waals surface area contributed by atoms with E-state index in [1.165, 1.54) is 16.8 Å². The first-order valence-corrected chi connectivity index (χ1v) is 9.69. The van der Waals surface area contributed by atoms with Crippen molar-refractivity contribution in [1.29, 1.82) is 0 Å². The summed E-state index contributed by atoms with van der Waals surface area (Å²) in [7, 11) is 0. The van der Waals surface area contributed by atoms with Crippen molar-refractivity contribution in [3.8, 4) is 0 Å². The minimum atomic E-state index is -0.0133. The van der Waals surface area contributed by atoms with Crippen molar-refractivity contribution in [2.75, 3.05) is 42.9 Å². The standard InChI is InChI=1S/C21H29N5O/c1-5-9-22-21-23-16(3)14-18(24-21)20(27)26-12-10-25(11-13-26)19-8-6-7-15(2)17(19)4/h6-8,14H,5,9-13H2,1-4H3,(H,22,23,24). The number of amides is 1. The summed E-state index contributed by atoms with van der Waals surface area (Å²) in [4.78, 5) is 26.0. The van der Waals surface area contributed by atoms with Crippen LogP contribution in [-0.4, -0.2) is 53.5 Å². The summed E-state index contributed by atoms with van der Waals surface area (Å²) < 4.78 is 0. The van der Waals surface area contributed by atoms with Crippen LogP contribution in [-0.2, 0) is 0 Å². The van der Waals surface area contributed by atoms with Gasteiger partial charge in [-0.2, -0.15) is 0 Å². The minimum Gasteiger partial charge on any atom is -0.368 e. The smallest absolute Gasteiger partial charge is 0.272 e. The van der Waals surface area contributed by atoms with Crippen LogP contribution in [0.4, 0.5) is 11.6 Å². The van der Waals surface area contributed by atoms with Gasteiger partial charge in [-0.25, -0.2) is 9.97 Å². The third-order valence-corrected chi connectivity index (χ3v) is 5.09. The lowest BCUT2D eigenvalue weighted by atomic mass is 10.1. The molecule has 3 rings (SSSR count). The quantitative estimate of drug-likeness (QED) is 0.879. The summed E-state index contributed by atoms with van der Waals surface area (Å²) in [6, 6.07) is 8.18. The molecule has 144 valence electrons. The largest absolute Gasteiger partial charge is 0.368 e. The van der Waals surface area contributed by atoms with E-state index < -0.39 is 0 Å². The van der Waals surface area contributed by atoms with E-state index in [4.69, 9.17) is 0 Å². The van der Waals surface area contributed by atoms with Crippen LogP contribution in [0.3, 0.4) is 0 Å². The molecule has 2 heterocycles. The number of rotatable bonds is 5. The minimum absolute atomic E-state index is 0.0133. The van der Waals surface area contributed by atoms with Crippen molar-refractivity contribution in [2.24, 2.45) is 0 Å². The highest BCUT2D eigenvalue weighted by Gasteiger charge is 2.24. The molecule has 0 atom stereocenters. The van der Waals surface area contributed by atoms with Gasteiger partial charge in [-0.3, -0.25) is 4.79 Å². The number of carbonyl (C=O) groups is 1. The van der Waals surface area contributed by atoms with Crippen molar-refractivity contribution >= 4 is 17.5 Å². The predicted octanol–water partition coefficient (Wildman–Crippen LogP) is 3.19. The second kappa shape index (κ2) is 8.37. The Balaban J connectivity index is 1.68. The van der Waals surface area contributed by atoms with Gasteiger partial charge in [-0.1, -0.05) is 19.1 Å². The molecule has 2 aromatic rings. The molecule has 0 saturated carbocycles. The van der Waals surface area contributed by atoms with Crippen LogP contribution in [0.1, 0.15) is 40.7 Å². The molecular weight excluding hydrogens is 338 g/mol. The molecule has 27 heavy (non-hydrogen) atoms. The summed E-state index contributed by atoms with van der Waals surface area (Å²) in [6.45, 7) is 12.2. The average Bonchev–Trinajstić information content (AvgIpc) is 2.67. The van der Waals surface area contributed by atoms with Gasteiger partial charge in [0.2, 0.25) is 5.95 Å². The maximum absolute atomic E-state index is 12.9. The first-order chi connectivity index (χ1) is 13.0. The lowest BCUT2D eigenvalue weighted by Gasteiger charge is -2.37. The highest BCUT2D eigenvalue weighted by atomic mass is 16.2. The van der Waals surface area contributed by atoms with E-state index in [2.05, 4.69) is 59.2 Å². The van der Waals surface area contributed by atoms with Gasteiger partial charge >= 0.3 is 0 Å². The topological polar surface area (TPSA) is 61.4 Å². The Hall–Kier alpha value is -2.63. The van der Waals surface area contributed by atoms with Crippen LogP contribution in [0.25, 0.3) is 0 Å². The highest BCUT2D eigenvalue weighted by molar-refractivity contribution is 5.92. The molecule has 1 aromatic heterocycles. The SMILES string of the molecule is CCCNc1nc(C)cc(C(=O)N2CCN(c3cccc(C)c3C)CC2)n1. The van der Waals surface area contributed by atoms with Crippen LogP contribution in [0.2, 0.25) is 0 Å². The number of hydrogen-bond donors (Lipinski definition) is 1. The number of nitrogens with one attached hydrogen (secondary N) is 1. The molecule has 1 fully saturated rings. The Bertz CT molecular complexity index is 812. The Kier molecular flexibility index (Phi) is 5.94. The molecule has 0 bridgehead atoms. The monoisotopic (exact) mass is 367 g/mol. The van der Waals surface area contributed by atoms with Crippen LogP contribution >= 0.6 is 0 Å². The van der Waals surface area contributed by atoms with Crippen molar-refractivity contribution in [3.05, 3.63) is 46.8 Å². The van der Waals surface area contributed by atoms with E-state index in [9.17, 15) is 4.79 Å². The van der Waals surface area contributed by atoms with E-state index in [0.29, 0.717) is 24.7 Å². The summed E-state index contributed by atoms with van der Waals surface area (Å²) in [6.07, 6.45) is 0.987. The van der Waals surface area contributed by atoms with Crippen molar-refractivity contribution in [2.45, 2.75) is 34.1 Å². The van der Waals surface area contributed by atoms with Gasteiger partial charge in [-0.05, 0) is 50.5 Å². The third kappa shape index (κ3) is 4.38. The molecule has 6 heteroatoms. The number of piperazine rings is 1. The molecule has 0 spiro atoms. The van der Waals surface area contributed by atoms with Gasteiger partial charge < -0.3 is 15.1 Å². The zero-order valence-corrected chi connectivity index (χ0v) is 16.7. The lowest BCUT2D eigenvalue weighted by Crippen LogP contribution is -2.49. The molecule has 1 aliphatic heterocycles. The Morgan fingerprint density at radius 3 is 2.56 bits per heavy atom. The molecule has 1 saturated heterocycles. The predicted molar refractivity (Wildman–Crippen MR) is 110 cm³/mol. The summed E-state index contributed by atoms with van der Waals surface area (Å²) in [5, 5.41) is 3.17. The second-order valence-electron chi connectivity index (χ2n) is 7.14. The van der Waals surface area contributed by atoms with E-state index in [1.54, 1.807) is 6.07 Å². The molecular formula is C21H29N5O. The Labute approximate surface area is 161 Å². The third-order valence-electron chi connectivity index (χ3n) is 5.09. The summed E-state index contributed by atoms with van der Waals surface area (Å²) >= 11 is 0. The summed E-state index contributed by atoms with van der Waals surface area (Å²) in [5.41, 5.74) is 5.17. The number of anilines is 2. The zero-order chi connectivity index (χ0) is 19.4. The highest BCUT2D eigenvalue weighted by Crippen LogP contribution is 2.24. The molecule has 0 unspecified atom stereocenters. The molecule has 0 radical (unpaired) electrons. The Morgan fingerprint density at radius 2 is 1.85 bits per heavy atom. The van der Waals surface area contributed by atoms with Gasteiger partial charge in [0.05, 0.1) is 0 Å². The number of nitrogens with zero attached hydrogens (tertiary/aromatic N) is 4. The molecule has 0 aliphatic carbocycles. The van der Waals surface area contributed by atoms with Crippen molar-refractivity contribution in [1.82, 2.24) is 14.9 Å². The van der Waals surface area contributed by atoms with E-state index in [1.807, 2.05) is 11.8 Å². The molecule has 1 aromatic carbocycles. The molecule has 1 N–H and O–H groups in total. The van der Waals surface area contributed by atoms with Gasteiger partial charge in [0.15, 0.2) is 0 Å². The van der Waals surface area contributed by atoms with Gasteiger partial charge in [0.25, 0.3) is 5.91 Å². The van der Waals surface area contributed by atoms with Crippen LogP contribution in [0, 0.1) is 20.8 Å². The van der Waals surface area contributed by atoms with E-state index in [-0.39, 0.29) is 5.91 Å². The fourth-order valence-corrected chi connectivity index (χ4v) is 3.38. The maximum Gasteiger partial charge on any atom is 0.272 e. The van der Waals surface area contributed by atoms with E-state index in [0.717, 1.165) is 31.7 Å². The number of aromatic nitrogens is 2. The van der Waals surface area contributed by atoms with Crippen molar-refractivity contribution in [3.63, 3.8) is 0 Å². The van der Waals surface area contributed by atoms with Gasteiger partial charge in [-0.15, -0.1) is 0 Å². The fraction of sp³-hybridized carbons (Fsp3) is 0.476. The fourth-order valence-electron chi connectivity index (χ4n) is 3.38. The normalized spacial score (nSPS) is 14.4. The maximum atomic E-state index is 12.9. The first-order valence-electron chi connectivity index (χ1n) is 9.69. The molecule has 1 aliphatic rings. The second-order valence-corrected chi connectivity index (χ2v) is 7.14. The van der Waals surface area contributed by atoms with Gasteiger partial charge in [0.1, 0.15) is 5.69 Å². The average molecular weight is 367 g/mol. The summed E-state index contributed by atoms with van der Waals surface area (Å²) in [5.74, 6) is 0.523. The number of hydrogen-bond acceptors (Lipinski definition) is 5. The van der Waals surface area contributed by atoms with Gasteiger partial charge in [0, 0.05) is 44.1 Å². The number of benzene rings is 1. The van der Waals surface area contributed by atoms with Crippen molar-refractivity contribution < 1.29 is 4.79 Å². The first kappa shape index (κ1) is 19.1. The number of aryl methyl sites for hydroxylation is 2. The Morgan fingerprint density at radius 1 is 1.11 bits per heavy atom. The molecule has 6 nitrogen and oxygen atoms in total. The molecule has 1 amide bonds.